The van der Waals surface area contributed by atoms with Crippen LogP contribution in [0.1, 0.15) is 19.4 Å². The quantitative estimate of drug-likeness (QED) is 0.783. The average Bonchev–Trinajstić information content (AvgIpc) is 2.36. The van der Waals surface area contributed by atoms with Crippen LogP contribution < -0.4 is 10.5 Å². The van der Waals surface area contributed by atoms with Gasteiger partial charge in [-0.3, -0.25) is 0 Å². The maximum atomic E-state index is 12.2. The maximum Gasteiger partial charge on any atom is 0.279 e. The molecule has 0 bridgehead atoms. The van der Waals surface area contributed by atoms with Crippen LogP contribution in [0, 0.1) is 5.92 Å². The van der Waals surface area contributed by atoms with E-state index in [0.29, 0.717) is 6.54 Å². The van der Waals surface area contributed by atoms with Gasteiger partial charge in [-0.2, -0.15) is 17.4 Å². The molecule has 19 heavy (non-hydrogen) atoms. The summed E-state index contributed by atoms with van der Waals surface area (Å²) >= 11 is 0. The average molecular weight is 285 g/mol. The molecule has 0 radical (unpaired) electrons. The van der Waals surface area contributed by atoms with E-state index in [4.69, 9.17) is 5.73 Å². The summed E-state index contributed by atoms with van der Waals surface area (Å²) in [5, 5.41) is 0. The Labute approximate surface area is 116 Å². The first-order valence-corrected chi connectivity index (χ1v) is 7.78. The summed E-state index contributed by atoms with van der Waals surface area (Å²) in [4.78, 5) is 0. The van der Waals surface area contributed by atoms with Gasteiger partial charge in [0.05, 0.1) is 0 Å². The lowest BCUT2D eigenvalue weighted by Crippen LogP contribution is -2.48. The van der Waals surface area contributed by atoms with Crippen molar-refractivity contribution in [1.29, 1.82) is 0 Å². The Morgan fingerprint density at radius 3 is 2.32 bits per heavy atom. The lowest BCUT2D eigenvalue weighted by atomic mass is 10.1. The Bertz CT molecular complexity index is 474. The molecule has 0 aliphatic rings. The fourth-order valence-electron chi connectivity index (χ4n) is 1.66. The van der Waals surface area contributed by atoms with Crippen LogP contribution in [0.15, 0.2) is 30.3 Å². The van der Waals surface area contributed by atoms with Crippen molar-refractivity contribution >= 4 is 10.2 Å². The molecule has 1 aromatic carbocycles. The summed E-state index contributed by atoms with van der Waals surface area (Å²) in [6, 6.07) is 9.23. The molecular weight excluding hydrogens is 262 g/mol. The zero-order valence-electron chi connectivity index (χ0n) is 11.7. The summed E-state index contributed by atoms with van der Waals surface area (Å²) in [5.74, 6) is 0.157. The molecule has 0 amide bonds. The van der Waals surface area contributed by atoms with E-state index >= 15 is 0 Å². The number of hydrogen-bond donors (Lipinski definition) is 2. The highest BCUT2D eigenvalue weighted by molar-refractivity contribution is 7.87. The highest BCUT2D eigenvalue weighted by atomic mass is 32.2. The second-order valence-corrected chi connectivity index (χ2v) is 6.76. The van der Waals surface area contributed by atoms with Crippen LogP contribution >= 0.6 is 0 Å². The normalized spacial score (nSPS) is 14.0. The smallest absolute Gasteiger partial charge is 0.279 e. The van der Waals surface area contributed by atoms with E-state index in [-0.39, 0.29) is 18.5 Å². The van der Waals surface area contributed by atoms with Crippen LogP contribution in [-0.2, 0) is 16.8 Å². The molecule has 0 saturated carbocycles. The first kappa shape index (κ1) is 16.1. The van der Waals surface area contributed by atoms with Crippen molar-refractivity contribution in [2.45, 2.75) is 26.4 Å². The monoisotopic (exact) mass is 285 g/mol. The number of nitrogens with zero attached hydrogens (tertiary/aromatic N) is 1. The largest absolute Gasteiger partial charge is 0.329 e. The van der Waals surface area contributed by atoms with Crippen LogP contribution in [0.3, 0.4) is 0 Å². The van der Waals surface area contributed by atoms with Gasteiger partial charge in [0.2, 0.25) is 0 Å². The van der Waals surface area contributed by atoms with Gasteiger partial charge in [0.15, 0.2) is 0 Å². The molecule has 0 aliphatic heterocycles. The second kappa shape index (κ2) is 7.00. The zero-order valence-corrected chi connectivity index (χ0v) is 12.5. The van der Waals surface area contributed by atoms with Crippen molar-refractivity contribution in [3.05, 3.63) is 35.9 Å². The van der Waals surface area contributed by atoms with Crippen molar-refractivity contribution in [2.24, 2.45) is 11.7 Å². The van der Waals surface area contributed by atoms with Crippen molar-refractivity contribution < 1.29 is 8.42 Å². The van der Waals surface area contributed by atoms with E-state index in [2.05, 4.69) is 4.72 Å². The van der Waals surface area contributed by atoms with E-state index in [9.17, 15) is 8.42 Å². The summed E-state index contributed by atoms with van der Waals surface area (Å²) in [7, 11) is -1.95. The van der Waals surface area contributed by atoms with Gasteiger partial charge in [0.25, 0.3) is 10.2 Å². The lowest BCUT2D eigenvalue weighted by Gasteiger charge is -2.24. The molecule has 0 spiro atoms. The van der Waals surface area contributed by atoms with Gasteiger partial charge in [-0.25, -0.2) is 0 Å². The van der Waals surface area contributed by atoms with E-state index < -0.39 is 10.2 Å². The number of hydrogen-bond acceptors (Lipinski definition) is 3. The van der Waals surface area contributed by atoms with Crippen LogP contribution in [0.5, 0.6) is 0 Å². The highest BCUT2D eigenvalue weighted by Gasteiger charge is 2.23. The number of benzene rings is 1. The van der Waals surface area contributed by atoms with Crippen LogP contribution in [0.4, 0.5) is 0 Å². The predicted octanol–water partition coefficient (Wildman–Crippen LogP) is 0.936. The molecule has 0 heterocycles. The summed E-state index contributed by atoms with van der Waals surface area (Å²) in [6.45, 7) is 4.51. The minimum absolute atomic E-state index is 0.157. The fraction of sp³-hybridized carbons (Fsp3) is 0.538. The van der Waals surface area contributed by atoms with Gasteiger partial charge in [-0.15, -0.1) is 0 Å². The lowest BCUT2D eigenvalue weighted by molar-refractivity contribution is 0.411. The van der Waals surface area contributed by atoms with Crippen LogP contribution in [0.2, 0.25) is 0 Å². The van der Waals surface area contributed by atoms with E-state index in [1.165, 1.54) is 4.31 Å². The zero-order chi connectivity index (χ0) is 14.5. The number of rotatable bonds is 7. The molecular formula is C13H23N3O2S. The second-order valence-electron chi connectivity index (χ2n) is 4.95. The van der Waals surface area contributed by atoms with Gasteiger partial charge in [-0.05, 0) is 11.5 Å². The Morgan fingerprint density at radius 1 is 1.26 bits per heavy atom. The predicted molar refractivity (Wildman–Crippen MR) is 77.6 cm³/mol. The Hall–Kier alpha value is -0.950. The molecule has 5 nitrogen and oxygen atoms in total. The molecule has 108 valence electrons. The minimum atomic E-state index is -3.51. The van der Waals surface area contributed by atoms with E-state index in [1.54, 1.807) is 7.05 Å². The van der Waals surface area contributed by atoms with Gasteiger partial charge in [0, 0.05) is 26.2 Å². The summed E-state index contributed by atoms with van der Waals surface area (Å²) in [5.41, 5.74) is 6.54. The molecule has 1 atom stereocenters. The topological polar surface area (TPSA) is 75.4 Å². The van der Waals surface area contributed by atoms with Crippen molar-refractivity contribution in [3.63, 3.8) is 0 Å². The van der Waals surface area contributed by atoms with Gasteiger partial charge in [-0.1, -0.05) is 44.2 Å². The Kier molecular flexibility index (Phi) is 5.93. The maximum absolute atomic E-state index is 12.2. The molecule has 1 unspecified atom stereocenters. The van der Waals surface area contributed by atoms with Crippen molar-refractivity contribution in [3.8, 4) is 0 Å². The number of nitrogens with two attached hydrogens (primary N) is 1. The molecule has 1 aromatic rings. The van der Waals surface area contributed by atoms with Gasteiger partial charge >= 0.3 is 0 Å². The summed E-state index contributed by atoms with van der Waals surface area (Å²) in [6.07, 6.45) is 0. The highest BCUT2D eigenvalue weighted by Crippen LogP contribution is 2.08. The third-order valence-electron chi connectivity index (χ3n) is 3.02. The standard InChI is InChI=1S/C13H23N3O2S/c1-11(2)13(9-14)15-19(17,18)16(3)10-12-7-5-4-6-8-12/h4-8,11,13,15H,9-10,14H2,1-3H3. The Balaban J connectivity index is 2.71. The van der Waals surface area contributed by atoms with E-state index in [1.807, 2.05) is 44.2 Å². The fourth-order valence-corrected chi connectivity index (χ4v) is 2.91. The molecule has 0 fully saturated rings. The van der Waals surface area contributed by atoms with Gasteiger partial charge in [0.1, 0.15) is 0 Å². The van der Waals surface area contributed by atoms with Crippen LogP contribution in [0.25, 0.3) is 0 Å². The minimum Gasteiger partial charge on any atom is -0.329 e. The molecule has 0 aliphatic carbocycles. The SMILES string of the molecule is CC(C)C(CN)NS(=O)(=O)N(C)Cc1ccccc1. The Morgan fingerprint density at radius 2 is 1.84 bits per heavy atom. The van der Waals surface area contributed by atoms with Crippen molar-refractivity contribution in [2.75, 3.05) is 13.6 Å². The first-order valence-electron chi connectivity index (χ1n) is 6.34. The molecule has 1 rings (SSSR count). The number of nitrogens with one attached hydrogen (secondary N) is 1. The summed E-state index contributed by atoms with van der Waals surface area (Å²) < 4.78 is 28.3. The van der Waals surface area contributed by atoms with Gasteiger partial charge < -0.3 is 5.73 Å². The molecule has 3 N–H and O–H groups in total. The third kappa shape index (κ3) is 4.91. The van der Waals surface area contributed by atoms with Crippen molar-refractivity contribution in [1.82, 2.24) is 9.03 Å². The molecule has 0 aromatic heterocycles. The molecule has 0 saturated heterocycles. The first-order chi connectivity index (χ1) is 8.86. The van der Waals surface area contributed by atoms with E-state index in [0.717, 1.165) is 5.56 Å². The van der Waals surface area contributed by atoms with Crippen LogP contribution in [-0.4, -0.2) is 32.4 Å². The molecule has 6 heteroatoms. The third-order valence-corrected chi connectivity index (χ3v) is 4.57.